The summed E-state index contributed by atoms with van der Waals surface area (Å²) in [6.45, 7) is -0.384. The number of aliphatic carboxylic acids is 1. The van der Waals surface area contributed by atoms with Gasteiger partial charge in [-0.05, 0) is 36.4 Å². The van der Waals surface area contributed by atoms with E-state index in [-0.39, 0.29) is 30.2 Å². The monoisotopic (exact) mass is 762 g/mol. The van der Waals surface area contributed by atoms with E-state index in [9.17, 15) is 41.1 Å². The molecule has 0 spiro atoms. The van der Waals surface area contributed by atoms with E-state index in [1.165, 1.54) is 16.7 Å². The number of thioether (sulfide) groups is 1. The zero-order valence-corrected chi connectivity index (χ0v) is 28.2. The molecule has 2 atom stereocenters. The van der Waals surface area contributed by atoms with E-state index in [2.05, 4.69) is 18.9 Å². The van der Waals surface area contributed by atoms with E-state index >= 15 is 0 Å². The molecule has 4 aromatic rings. The number of ether oxygens (including phenoxy) is 2. The molecule has 0 aliphatic carbocycles. The fraction of sp³-hybridized carbons (Fsp3) is 0.167. The maximum atomic E-state index is 13.0. The third-order valence-corrected chi connectivity index (χ3v) is 9.72. The molecule has 268 valence electrons. The first-order valence-corrected chi connectivity index (χ1v) is 18.1. The van der Waals surface area contributed by atoms with Crippen LogP contribution in [0.1, 0.15) is 0 Å². The zero-order valence-electron chi connectivity index (χ0n) is 25.7. The van der Waals surface area contributed by atoms with Gasteiger partial charge < -0.3 is 24.9 Å². The molecule has 1 aromatic heterocycles. The number of amides is 2. The molecule has 0 unspecified atom stereocenters. The fourth-order valence-electron chi connectivity index (χ4n) is 4.95. The molecule has 21 heteroatoms. The molecule has 3 heterocycles. The number of aromatic nitrogens is 2. The van der Waals surface area contributed by atoms with Gasteiger partial charge in [-0.2, -0.15) is 16.8 Å². The molecule has 2 amide bonds. The number of hydrogen-bond donors (Lipinski definition) is 5. The average Bonchev–Trinajstić information content (AvgIpc) is 3.07. The van der Waals surface area contributed by atoms with E-state index in [4.69, 9.17) is 18.6 Å². The van der Waals surface area contributed by atoms with Crippen molar-refractivity contribution in [2.75, 3.05) is 19.0 Å². The minimum absolute atomic E-state index is 0.109. The van der Waals surface area contributed by atoms with Gasteiger partial charge in [-0.3, -0.25) is 28.4 Å². The highest BCUT2D eigenvalue weighted by Crippen LogP contribution is 2.40. The van der Waals surface area contributed by atoms with E-state index in [1.54, 1.807) is 72.8 Å². The number of hydrogen-bond acceptors (Lipinski definition) is 13. The lowest BCUT2D eigenvalue weighted by molar-refractivity contribution is -0.151. The number of carboxylic acids is 1. The molecule has 2 aliphatic rings. The smallest absolute Gasteiger partial charge is 0.413 e. The summed E-state index contributed by atoms with van der Waals surface area (Å²) in [6.07, 6.45) is 0. The summed E-state index contributed by atoms with van der Waals surface area (Å²) in [6, 6.07) is 21.9. The number of rotatable bonds is 11. The van der Waals surface area contributed by atoms with Gasteiger partial charge in [0.1, 0.15) is 41.0 Å². The number of carbonyl (C=O) groups is 3. The molecule has 1 saturated heterocycles. The highest BCUT2D eigenvalue weighted by Gasteiger charge is 2.54. The summed E-state index contributed by atoms with van der Waals surface area (Å²) in [4.78, 5) is 58.9. The van der Waals surface area contributed by atoms with Gasteiger partial charge in [0, 0.05) is 11.3 Å². The number of fused-ring (bicyclic) bond motifs is 2. The summed E-state index contributed by atoms with van der Waals surface area (Å²) < 4.78 is 67.1. The Morgan fingerprint density at radius 1 is 0.922 bits per heavy atom. The lowest BCUT2D eigenvalue weighted by atomic mass is 10.0. The van der Waals surface area contributed by atoms with Gasteiger partial charge in [0.05, 0.1) is 16.5 Å². The lowest BCUT2D eigenvalue weighted by Gasteiger charge is -2.49. The van der Waals surface area contributed by atoms with Crippen molar-refractivity contribution < 1.29 is 58.5 Å². The third kappa shape index (κ3) is 9.27. The van der Waals surface area contributed by atoms with Crippen LogP contribution in [0.5, 0.6) is 11.5 Å². The van der Waals surface area contributed by atoms with Crippen molar-refractivity contribution in [2.45, 2.75) is 11.4 Å². The van der Waals surface area contributed by atoms with Gasteiger partial charge in [0.25, 0.3) is 17.4 Å². The molecule has 51 heavy (non-hydrogen) atoms. The van der Waals surface area contributed by atoms with Gasteiger partial charge in [0.2, 0.25) is 0 Å². The van der Waals surface area contributed by atoms with E-state index < -0.39 is 50.0 Å². The van der Waals surface area contributed by atoms with Crippen molar-refractivity contribution in [2.24, 2.45) is 0 Å². The van der Waals surface area contributed by atoms with E-state index in [0.717, 1.165) is 0 Å². The van der Waals surface area contributed by atoms with Crippen molar-refractivity contribution in [3.63, 3.8) is 0 Å². The molecule has 3 aromatic carbocycles. The van der Waals surface area contributed by atoms with Crippen LogP contribution in [-0.4, -0.2) is 94.1 Å². The van der Waals surface area contributed by atoms with Crippen LogP contribution in [-0.2, 0) is 38.8 Å². The lowest BCUT2D eigenvalue weighted by Crippen LogP contribution is -2.71. The Morgan fingerprint density at radius 3 is 2.24 bits per heavy atom. The quantitative estimate of drug-likeness (QED) is 0.107. The van der Waals surface area contributed by atoms with Crippen molar-refractivity contribution in [1.29, 1.82) is 0 Å². The summed E-state index contributed by atoms with van der Waals surface area (Å²) in [5.41, 5.74) is 1.01. The van der Waals surface area contributed by atoms with Crippen molar-refractivity contribution in [3.05, 3.63) is 100 Å². The van der Waals surface area contributed by atoms with Crippen LogP contribution in [0, 0.1) is 0 Å². The number of H-pyrrole nitrogens is 1. The van der Waals surface area contributed by atoms with Crippen LogP contribution >= 0.6 is 11.8 Å². The van der Waals surface area contributed by atoms with E-state index in [0.29, 0.717) is 39.4 Å². The molecule has 2 aliphatic heterocycles. The standard InChI is InChI=1S/C30H24N4O7S.H2O7S2/c35-23(15-40-18-8-2-1-3-9-18)32-24-28(37)34-25(30(38)39)17(16-42-29(24)34)14-41-22-13-7-5-11-20(22)26-31-21-12-6-4-10-19(21)27(36)33-26;1-8(2,3)7-9(4,5)6/h1-13,24,29H,14-16H2,(H,32,35)(H,38,39)(H,31,33,36);(H,1,2,3)(H,4,5,6)/t24-,29+;/m1./s1. The molecular formula is C30H26N4O14S3. The Balaban J connectivity index is 0.000000496. The predicted molar refractivity (Wildman–Crippen MR) is 179 cm³/mol. The molecule has 1 fully saturated rings. The molecule has 0 radical (unpaired) electrons. The minimum Gasteiger partial charge on any atom is -0.488 e. The maximum Gasteiger partial charge on any atom is 0.413 e. The Hall–Kier alpha value is -5.32. The van der Waals surface area contributed by atoms with Crippen LogP contribution < -0.4 is 20.3 Å². The summed E-state index contributed by atoms with van der Waals surface area (Å²) >= 11 is 1.34. The molecular weight excluding hydrogens is 737 g/mol. The highest BCUT2D eigenvalue weighted by atomic mass is 32.3. The number of nitrogens with zero attached hydrogens (tertiary/aromatic N) is 2. The van der Waals surface area contributed by atoms with Crippen LogP contribution in [0.25, 0.3) is 22.3 Å². The Bertz CT molecular complexity index is 2270. The van der Waals surface area contributed by atoms with Gasteiger partial charge >= 0.3 is 26.8 Å². The predicted octanol–water partition coefficient (Wildman–Crippen LogP) is 1.40. The first-order chi connectivity index (χ1) is 24.1. The Labute approximate surface area is 293 Å². The van der Waals surface area contributed by atoms with Crippen molar-refractivity contribution >= 4 is 61.2 Å². The number of benzene rings is 3. The minimum atomic E-state index is -5.12. The number of carbonyl (C=O) groups excluding carboxylic acids is 2. The Kier molecular flexibility index (Phi) is 11.1. The maximum absolute atomic E-state index is 13.0. The van der Waals surface area contributed by atoms with Crippen LogP contribution in [0.15, 0.2) is 94.9 Å². The average molecular weight is 763 g/mol. The Morgan fingerprint density at radius 2 is 1.57 bits per heavy atom. The second-order valence-electron chi connectivity index (χ2n) is 10.5. The number of para-hydroxylation sites is 3. The fourth-order valence-corrected chi connectivity index (χ4v) is 7.15. The molecule has 0 bridgehead atoms. The summed E-state index contributed by atoms with van der Waals surface area (Å²) in [7, 11) is -10.2. The largest absolute Gasteiger partial charge is 0.488 e. The second-order valence-corrected chi connectivity index (χ2v) is 13.8. The van der Waals surface area contributed by atoms with E-state index in [1.807, 2.05) is 6.07 Å². The summed E-state index contributed by atoms with van der Waals surface area (Å²) in [5, 5.41) is 12.6. The zero-order chi connectivity index (χ0) is 36.9. The summed E-state index contributed by atoms with van der Waals surface area (Å²) in [5.74, 6) is -0.773. The van der Waals surface area contributed by atoms with Crippen LogP contribution in [0.3, 0.4) is 0 Å². The normalized spacial score (nSPS) is 17.1. The number of aromatic amines is 1. The van der Waals surface area contributed by atoms with Crippen LogP contribution in [0.4, 0.5) is 0 Å². The number of carboxylic acid groups (broad SMARTS) is 1. The van der Waals surface area contributed by atoms with Crippen molar-refractivity contribution in [3.8, 4) is 22.9 Å². The topological polar surface area (TPSA) is 269 Å². The number of β-lactam (4-membered cyclic amide) rings is 1. The second kappa shape index (κ2) is 15.3. The van der Waals surface area contributed by atoms with Gasteiger partial charge in [-0.1, -0.05) is 42.5 Å². The van der Waals surface area contributed by atoms with Gasteiger partial charge in [-0.25, -0.2) is 9.78 Å². The molecule has 6 rings (SSSR count). The molecule has 18 nitrogen and oxygen atoms in total. The highest BCUT2D eigenvalue weighted by molar-refractivity contribution is 8.00. The molecule has 5 N–H and O–H groups in total. The van der Waals surface area contributed by atoms with Crippen LogP contribution in [0.2, 0.25) is 0 Å². The third-order valence-electron chi connectivity index (χ3n) is 7.01. The molecule has 0 saturated carbocycles. The first kappa shape index (κ1) is 36.9. The van der Waals surface area contributed by atoms with Crippen molar-refractivity contribution in [1.82, 2.24) is 20.2 Å². The number of nitrogens with one attached hydrogen (secondary N) is 2. The van der Waals surface area contributed by atoms with Gasteiger partial charge in [-0.15, -0.1) is 15.4 Å². The van der Waals surface area contributed by atoms with Gasteiger partial charge in [0.15, 0.2) is 6.61 Å². The SMILES string of the molecule is O=C(COc1ccccc1)N[C@@H]1C(=O)N2C(C(=O)O)=C(COc3ccccc3-c3nc4ccccc4c(=O)[nH]3)CS[C@@H]12.O=S(=O)(O)OS(=O)(=O)O. The first-order valence-electron chi connectivity index (χ1n) is 14.4.